The molecule has 5 heteroatoms. The maximum atomic E-state index is 5.52. The molecule has 0 saturated heterocycles. The normalized spacial score (nSPS) is 16.2. The fourth-order valence-corrected chi connectivity index (χ4v) is 2.59. The Balaban J connectivity index is 1.86. The molecule has 1 aliphatic carbocycles. The first kappa shape index (κ1) is 14.7. The van der Waals surface area contributed by atoms with Gasteiger partial charge in [-0.2, -0.15) is 0 Å². The number of benzene rings is 1. The Morgan fingerprint density at radius 2 is 2.10 bits per heavy atom. The standard InChI is InChI=1S/C15H24N4O/c1-20-14-9-5-2-6-12(14)10-11-17-15(19-16)18-13-7-3-4-8-13/h2,5-6,9,13H,3-4,7-8,10-11,16H2,1H3,(H2,17,18,19). The highest BCUT2D eigenvalue weighted by Crippen LogP contribution is 2.18. The van der Waals surface area contributed by atoms with Crippen LogP contribution in [0.25, 0.3) is 0 Å². The largest absolute Gasteiger partial charge is 0.496 e. The molecule has 5 nitrogen and oxygen atoms in total. The van der Waals surface area contributed by atoms with Gasteiger partial charge in [0.25, 0.3) is 0 Å². The van der Waals surface area contributed by atoms with Gasteiger partial charge in [0.05, 0.1) is 7.11 Å². The van der Waals surface area contributed by atoms with Gasteiger partial charge in [-0.15, -0.1) is 0 Å². The molecule has 0 unspecified atom stereocenters. The van der Waals surface area contributed by atoms with E-state index in [2.05, 4.69) is 21.8 Å². The van der Waals surface area contributed by atoms with Crippen LogP contribution < -0.4 is 21.3 Å². The third kappa shape index (κ3) is 4.13. The molecule has 0 bridgehead atoms. The molecule has 110 valence electrons. The van der Waals surface area contributed by atoms with Crippen molar-refractivity contribution in [2.45, 2.75) is 38.1 Å². The number of hydrazine groups is 1. The molecule has 0 amide bonds. The zero-order chi connectivity index (χ0) is 14.2. The van der Waals surface area contributed by atoms with Crippen LogP contribution in [0.5, 0.6) is 5.75 Å². The first-order valence-electron chi connectivity index (χ1n) is 7.23. The predicted molar refractivity (Wildman–Crippen MR) is 81.7 cm³/mol. The number of guanidine groups is 1. The van der Waals surface area contributed by atoms with Crippen molar-refractivity contribution < 1.29 is 4.74 Å². The van der Waals surface area contributed by atoms with Crippen molar-refractivity contribution in [1.29, 1.82) is 0 Å². The van der Waals surface area contributed by atoms with Gasteiger partial charge in [0.15, 0.2) is 0 Å². The maximum absolute atomic E-state index is 5.52. The first-order valence-corrected chi connectivity index (χ1v) is 7.23. The van der Waals surface area contributed by atoms with Crippen molar-refractivity contribution in [3.63, 3.8) is 0 Å². The lowest BCUT2D eigenvalue weighted by Crippen LogP contribution is -2.45. The molecule has 0 spiro atoms. The van der Waals surface area contributed by atoms with Gasteiger partial charge in [-0.1, -0.05) is 31.0 Å². The molecular weight excluding hydrogens is 252 g/mol. The van der Waals surface area contributed by atoms with Crippen LogP contribution in [-0.2, 0) is 6.42 Å². The second-order valence-corrected chi connectivity index (χ2v) is 5.06. The van der Waals surface area contributed by atoms with E-state index in [1.807, 2.05) is 18.2 Å². The number of para-hydroxylation sites is 1. The van der Waals surface area contributed by atoms with Gasteiger partial charge >= 0.3 is 0 Å². The van der Waals surface area contributed by atoms with E-state index >= 15 is 0 Å². The highest BCUT2D eigenvalue weighted by atomic mass is 16.5. The molecule has 1 aromatic carbocycles. The van der Waals surface area contributed by atoms with Crippen LogP contribution in [0.4, 0.5) is 0 Å². The predicted octanol–water partition coefficient (Wildman–Crippen LogP) is 1.59. The molecule has 20 heavy (non-hydrogen) atoms. The van der Waals surface area contributed by atoms with Gasteiger partial charge in [-0.3, -0.25) is 10.4 Å². The molecule has 0 heterocycles. The van der Waals surface area contributed by atoms with Crippen molar-refractivity contribution >= 4 is 5.96 Å². The molecule has 0 aromatic heterocycles. The van der Waals surface area contributed by atoms with Crippen molar-refractivity contribution in [3.8, 4) is 5.75 Å². The molecule has 2 rings (SSSR count). The summed E-state index contributed by atoms with van der Waals surface area (Å²) >= 11 is 0. The Morgan fingerprint density at radius 3 is 2.80 bits per heavy atom. The second-order valence-electron chi connectivity index (χ2n) is 5.06. The SMILES string of the molecule is COc1ccccc1CCN=C(NN)NC1CCCC1. The minimum Gasteiger partial charge on any atom is -0.496 e. The van der Waals surface area contributed by atoms with E-state index in [4.69, 9.17) is 10.6 Å². The van der Waals surface area contributed by atoms with Gasteiger partial charge in [0.2, 0.25) is 5.96 Å². The van der Waals surface area contributed by atoms with Crippen LogP contribution in [-0.4, -0.2) is 25.7 Å². The average Bonchev–Trinajstić information content (AvgIpc) is 2.99. The zero-order valence-electron chi connectivity index (χ0n) is 12.1. The summed E-state index contributed by atoms with van der Waals surface area (Å²) in [6, 6.07) is 8.53. The number of nitrogens with one attached hydrogen (secondary N) is 2. The Kier molecular flexibility index (Phi) is 5.68. The first-order chi connectivity index (χ1) is 9.83. The number of rotatable bonds is 5. The number of aliphatic imine (C=N–C) groups is 1. The van der Waals surface area contributed by atoms with Gasteiger partial charge < -0.3 is 10.1 Å². The lowest BCUT2D eigenvalue weighted by molar-refractivity contribution is 0.410. The van der Waals surface area contributed by atoms with E-state index in [-0.39, 0.29) is 0 Å². The third-order valence-electron chi connectivity index (χ3n) is 3.68. The molecule has 1 aliphatic rings. The third-order valence-corrected chi connectivity index (χ3v) is 3.68. The van der Waals surface area contributed by atoms with E-state index in [0.29, 0.717) is 18.5 Å². The monoisotopic (exact) mass is 276 g/mol. The molecule has 1 fully saturated rings. The van der Waals surface area contributed by atoms with Gasteiger partial charge in [0, 0.05) is 12.6 Å². The minimum absolute atomic E-state index is 0.510. The highest BCUT2D eigenvalue weighted by molar-refractivity contribution is 5.79. The number of hydrogen-bond donors (Lipinski definition) is 3. The summed E-state index contributed by atoms with van der Waals surface area (Å²) in [7, 11) is 1.69. The van der Waals surface area contributed by atoms with Gasteiger partial charge in [-0.05, 0) is 30.9 Å². The smallest absolute Gasteiger partial charge is 0.205 e. The Morgan fingerprint density at radius 1 is 1.35 bits per heavy atom. The van der Waals surface area contributed by atoms with E-state index in [9.17, 15) is 0 Å². The summed E-state index contributed by atoms with van der Waals surface area (Å²) in [5.41, 5.74) is 3.81. The van der Waals surface area contributed by atoms with Crippen LogP contribution in [0.2, 0.25) is 0 Å². The summed E-state index contributed by atoms with van der Waals surface area (Å²) in [4.78, 5) is 4.49. The van der Waals surface area contributed by atoms with Crippen molar-refractivity contribution in [2.24, 2.45) is 10.8 Å². The van der Waals surface area contributed by atoms with E-state index in [1.54, 1.807) is 7.11 Å². The second kappa shape index (κ2) is 7.75. The topological polar surface area (TPSA) is 71.7 Å². The summed E-state index contributed by atoms with van der Waals surface area (Å²) < 4.78 is 5.33. The van der Waals surface area contributed by atoms with Crippen LogP contribution in [0.1, 0.15) is 31.2 Å². The summed E-state index contributed by atoms with van der Waals surface area (Å²) in [5.74, 6) is 7.12. The summed E-state index contributed by atoms with van der Waals surface area (Å²) in [6.07, 6.45) is 5.81. The molecule has 1 saturated carbocycles. The summed E-state index contributed by atoms with van der Waals surface area (Å²) in [5, 5.41) is 3.36. The number of hydrogen-bond acceptors (Lipinski definition) is 3. The number of methoxy groups -OCH3 is 1. The van der Waals surface area contributed by atoms with E-state index in [0.717, 1.165) is 17.7 Å². The molecule has 0 radical (unpaired) electrons. The molecule has 0 aliphatic heterocycles. The van der Waals surface area contributed by atoms with Crippen molar-refractivity contribution in [2.75, 3.05) is 13.7 Å². The van der Waals surface area contributed by atoms with Gasteiger partial charge in [0.1, 0.15) is 5.75 Å². The number of nitrogens with two attached hydrogens (primary N) is 1. The van der Waals surface area contributed by atoms with E-state index < -0.39 is 0 Å². The minimum atomic E-state index is 0.510. The van der Waals surface area contributed by atoms with E-state index in [1.165, 1.54) is 25.7 Å². The van der Waals surface area contributed by atoms with Crippen LogP contribution in [0.15, 0.2) is 29.3 Å². The zero-order valence-corrected chi connectivity index (χ0v) is 12.1. The Labute approximate surface area is 120 Å². The molecule has 4 N–H and O–H groups in total. The highest BCUT2D eigenvalue weighted by Gasteiger charge is 2.15. The molecule has 1 aromatic rings. The van der Waals surface area contributed by atoms with Crippen molar-refractivity contribution in [3.05, 3.63) is 29.8 Å². The summed E-state index contributed by atoms with van der Waals surface area (Å²) in [6.45, 7) is 0.680. The molecular formula is C15H24N4O. The average molecular weight is 276 g/mol. The number of nitrogens with zero attached hydrogens (tertiary/aromatic N) is 1. The fourth-order valence-electron chi connectivity index (χ4n) is 2.59. The lowest BCUT2D eigenvalue weighted by Gasteiger charge is -2.15. The number of ether oxygens (including phenoxy) is 1. The maximum Gasteiger partial charge on any atom is 0.205 e. The molecule has 0 atom stereocenters. The quantitative estimate of drug-likeness (QED) is 0.330. The Bertz CT molecular complexity index is 441. The fraction of sp³-hybridized carbons (Fsp3) is 0.533. The lowest BCUT2D eigenvalue weighted by atomic mass is 10.1. The van der Waals surface area contributed by atoms with Gasteiger partial charge in [-0.25, -0.2) is 5.84 Å². The van der Waals surface area contributed by atoms with Crippen LogP contribution in [0.3, 0.4) is 0 Å². The van der Waals surface area contributed by atoms with Crippen LogP contribution in [0, 0.1) is 0 Å². The Hall–Kier alpha value is -1.75. The van der Waals surface area contributed by atoms with Crippen molar-refractivity contribution in [1.82, 2.24) is 10.7 Å². The van der Waals surface area contributed by atoms with Crippen LogP contribution >= 0.6 is 0 Å².